The third-order valence-electron chi connectivity index (χ3n) is 2.96. The molecule has 102 valence electrons. The predicted octanol–water partition coefficient (Wildman–Crippen LogP) is 1.01. The van der Waals surface area contributed by atoms with Gasteiger partial charge < -0.3 is 14.5 Å². The summed E-state index contributed by atoms with van der Waals surface area (Å²) in [6, 6.07) is 0.0773. The van der Waals surface area contributed by atoms with Gasteiger partial charge in [0.1, 0.15) is 0 Å². The molecule has 0 spiro atoms. The van der Waals surface area contributed by atoms with Gasteiger partial charge in [-0.2, -0.15) is 0 Å². The number of morpholine rings is 1. The van der Waals surface area contributed by atoms with E-state index >= 15 is 0 Å². The molecule has 1 aliphatic rings. The van der Waals surface area contributed by atoms with E-state index in [1.807, 2.05) is 13.8 Å². The summed E-state index contributed by atoms with van der Waals surface area (Å²) in [7, 11) is 0. The van der Waals surface area contributed by atoms with E-state index in [1.165, 1.54) is 6.20 Å². The van der Waals surface area contributed by atoms with Crippen molar-refractivity contribution in [3.8, 4) is 0 Å². The Labute approximate surface area is 108 Å². The maximum Gasteiger partial charge on any atom is 0.227 e. The molecule has 0 radical (unpaired) electrons. The lowest BCUT2D eigenvalue weighted by molar-refractivity contribution is -0.139. The lowest BCUT2D eigenvalue weighted by atomic mass is 10.2. The Morgan fingerprint density at radius 2 is 1.94 bits per heavy atom. The number of amides is 2. The molecule has 0 aromatic rings. The highest BCUT2D eigenvalue weighted by Gasteiger charge is 2.19. The minimum Gasteiger partial charge on any atom is -0.378 e. The molecule has 1 rings (SSSR count). The highest BCUT2D eigenvalue weighted by Crippen LogP contribution is 2.07. The van der Waals surface area contributed by atoms with Crippen LogP contribution in [-0.2, 0) is 14.3 Å². The zero-order chi connectivity index (χ0) is 13.5. The first kappa shape index (κ1) is 14.7. The van der Waals surface area contributed by atoms with Crippen molar-refractivity contribution in [3.63, 3.8) is 0 Å². The Morgan fingerprint density at radius 3 is 2.44 bits per heavy atom. The van der Waals surface area contributed by atoms with Gasteiger partial charge in [-0.1, -0.05) is 6.58 Å². The second kappa shape index (κ2) is 7.16. The van der Waals surface area contributed by atoms with Crippen LogP contribution in [-0.4, -0.2) is 54.0 Å². The molecule has 0 N–H and O–H groups in total. The molecule has 0 aromatic heterocycles. The minimum atomic E-state index is -0.0541. The molecule has 1 saturated heterocycles. The van der Waals surface area contributed by atoms with Crippen LogP contribution >= 0.6 is 0 Å². The first-order valence-electron chi connectivity index (χ1n) is 6.35. The first-order chi connectivity index (χ1) is 8.56. The van der Waals surface area contributed by atoms with E-state index in [2.05, 4.69) is 6.58 Å². The SMILES string of the molecule is C=CN(C(=O)CCC(=O)N1CCOCC1)C(C)C. The first-order valence-corrected chi connectivity index (χ1v) is 6.35. The van der Waals surface area contributed by atoms with Gasteiger partial charge in [0.2, 0.25) is 11.8 Å². The third kappa shape index (κ3) is 4.14. The third-order valence-corrected chi connectivity index (χ3v) is 2.96. The van der Waals surface area contributed by atoms with Crippen LogP contribution in [0.5, 0.6) is 0 Å². The summed E-state index contributed by atoms with van der Waals surface area (Å²) in [5, 5.41) is 0. The van der Waals surface area contributed by atoms with E-state index < -0.39 is 0 Å². The highest BCUT2D eigenvalue weighted by molar-refractivity contribution is 5.84. The molecule has 1 heterocycles. The van der Waals surface area contributed by atoms with Crippen molar-refractivity contribution in [1.82, 2.24) is 9.80 Å². The fraction of sp³-hybridized carbons (Fsp3) is 0.692. The van der Waals surface area contributed by atoms with Crippen molar-refractivity contribution < 1.29 is 14.3 Å². The normalized spacial score (nSPS) is 15.6. The van der Waals surface area contributed by atoms with Gasteiger partial charge in [-0.05, 0) is 20.0 Å². The van der Waals surface area contributed by atoms with E-state index in [0.717, 1.165) is 0 Å². The number of rotatable bonds is 5. The topological polar surface area (TPSA) is 49.9 Å². The van der Waals surface area contributed by atoms with Gasteiger partial charge in [-0.3, -0.25) is 9.59 Å². The molecule has 2 amide bonds. The summed E-state index contributed by atoms with van der Waals surface area (Å²) in [6.45, 7) is 9.88. The highest BCUT2D eigenvalue weighted by atomic mass is 16.5. The van der Waals surface area contributed by atoms with Crippen molar-refractivity contribution in [2.24, 2.45) is 0 Å². The second-order valence-electron chi connectivity index (χ2n) is 4.57. The monoisotopic (exact) mass is 254 g/mol. The number of carbonyl (C=O) groups is 2. The fourth-order valence-electron chi connectivity index (χ4n) is 1.91. The number of hydrogen-bond donors (Lipinski definition) is 0. The molecule has 0 unspecified atom stereocenters. The average Bonchev–Trinajstić information content (AvgIpc) is 2.37. The Hall–Kier alpha value is -1.36. The van der Waals surface area contributed by atoms with Gasteiger partial charge in [0.05, 0.1) is 13.2 Å². The maximum absolute atomic E-state index is 11.9. The summed E-state index contributed by atoms with van der Waals surface area (Å²) >= 11 is 0. The van der Waals surface area contributed by atoms with Crippen molar-refractivity contribution in [3.05, 3.63) is 12.8 Å². The van der Waals surface area contributed by atoms with Gasteiger partial charge in [0, 0.05) is 32.0 Å². The summed E-state index contributed by atoms with van der Waals surface area (Å²) in [4.78, 5) is 27.0. The Morgan fingerprint density at radius 1 is 1.33 bits per heavy atom. The summed E-state index contributed by atoms with van der Waals surface area (Å²) in [6.07, 6.45) is 2.02. The minimum absolute atomic E-state index is 0.0272. The average molecular weight is 254 g/mol. The van der Waals surface area contributed by atoms with E-state index in [4.69, 9.17) is 4.74 Å². The maximum atomic E-state index is 11.9. The molecular formula is C13H22N2O3. The number of ether oxygens (including phenoxy) is 1. The van der Waals surface area contributed by atoms with Gasteiger partial charge in [-0.25, -0.2) is 0 Å². The van der Waals surface area contributed by atoms with Crippen LogP contribution < -0.4 is 0 Å². The molecule has 1 fully saturated rings. The van der Waals surface area contributed by atoms with Crippen LogP contribution in [0.3, 0.4) is 0 Å². The molecule has 0 aromatic carbocycles. The van der Waals surface area contributed by atoms with Crippen LogP contribution in [0, 0.1) is 0 Å². The lowest BCUT2D eigenvalue weighted by Crippen LogP contribution is -2.41. The van der Waals surface area contributed by atoms with Crippen molar-refractivity contribution in [1.29, 1.82) is 0 Å². The van der Waals surface area contributed by atoms with Gasteiger partial charge >= 0.3 is 0 Å². The molecular weight excluding hydrogens is 232 g/mol. The quantitative estimate of drug-likeness (QED) is 0.735. The molecule has 5 nitrogen and oxygen atoms in total. The standard InChI is InChI=1S/C13H22N2O3/c1-4-15(11(2)3)13(17)6-5-12(16)14-7-9-18-10-8-14/h4,11H,1,5-10H2,2-3H3. The number of nitrogens with zero attached hydrogens (tertiary/aromatic N) is 2. The molecule has 0 atom stereocenters. The smallest absolute Gasteiger partial charge is 0.227 e. The van der Waals surface area contributed by atoms with E-state index in [1.54, 1.807) is 9.80 Å². The molecule has 5 heteroatoms. The Balaban J connectivity index is 2.37. The molecule has 0 bridgehead atoms. The van der Waals surface area contributed by atoms with Crippen LogP contribution in [0.15, 0.2) is 12.8 Å². The van der Waals surface area contributed by atoms with Crippen LogP contribution in [0.25, 0.3) is 0 Å². The van der Waals surface area contributed by atoms with Crippen molar-refractivity contribution in [2.75, 3.05) is 26.3 Å². The van der Waals surface area contributed by atoms with E-state index in [9.17, 15) is 9.59 Å². The Kier molecular flexibility index (Phi) is 5.85. The number of hydrogen-bond acceptors (Lipinski definition) is 3. The lowest BCUT2D eigenvalue weighted by Gasteiger charge is -2.27. The van der Waals surface area contributed by atoms with Gasteiger partial charge in [-0.15, -0.1) is 0 Å². The largest absolute Gasteiger partial charge is 0.378 e. The number of carbonyl (C=O) groups excluding carboxylic acids is 2. The fourth-order valence-corrected chi connectivity index (χ4v) is 1.91. The Bertz CT molecular complexity index is 309. The zero-order valence-corrected chi connectivity index (χ0v) is 11.2. The van der Waals surface area contributed by atoms with Crippen LogP contribution in [0.2, 0.25) is 0 Å². The van der Waals surface area contributed by atoms with Crippen LogP contribution in [0.1, 0.15) is 26.7 Å². The molecule has 1 aliphatic heterocycles. The van der Waals surface area contributed by atoms with Gasteiger partial charge in [0.25, 0.3) is 0 Å². The molecule has 0 saturated carbocycles. The van der Waals surface area contributed by atoms with E-state index in [-0.39, 0.29) is 30.7 Å². The second-order valence-corrected chi connectivity index (χ2v) is 4.57. The summed E-state index contributed by atoms with van der Waals surface area (Å²) in [5.41, 5.74) is 0. The molecule has 18 heavy (non-hydrogen) atoms. The van der Waals surface area contributed by atoms with Crippen molar-refractivity contribution in [2.45, 2.75) is 32.7 Å². The van der Waals surface area contributed by atoms with Gasteiger partial charge in [0.15, 0.2) is 0 Å². The van der Waals surface area contributed by atoms with E-state index in [0.29, 0.717) is 26.3 Å². The summed E-state index contributed by atoms with van der Waals surface area (Å²) in [5.74, 6) is -0.0268. The zero-order valence-electron chi connectivity index (χ0n) is 11.2. The predicted molar refractivity (Wildman–Crippen MR) is 68.8 cm³/mol. The molecule has 0 aliphatic carbocycles. The van der Waals surface area contributed by atoms with Crippen LogP contribution in [0.4, 0.5) is 0 Å². The van der Waals surface area contributed by atoms with Crippen molar-refractivity contribution >= 4 is 11.8 Å². The summed E-state index contributed by atoms with van der Waals surface area (Å²) < 4.78 is 5.18.